The fourth-order valence-corrected chi connectivity index (χ4v) is 6.40. The molecular weight excluding hydrogens is 408 g/mol. The van der Waals surface area contributed by atoms with Crippen molar-refractivity contribution in [1.29, 1.82) is 0 Å². The van der Waals surface area contributed by atoms with E-state index in [1.165, 1.54) is 5.56 Å². The van der Waals surface area contributed by atoms with Crippen LogP contribution in [0.15, 0.2) is 41.3 Å². The Labute approximate surface area is 186 Å². The second kappa shape index (κ2) is 9.53. The summed E-state index contributed by atoms with van der Waals surface area (Å²) in [5.41, 5.74) is 4.81. The van der Waals surface area contributed by atoms with Crippen LogP contribution in [0.4, 0.5) is 0 Å². The molecule has 1 amide bonds. The number of sulfonamides is 1. The van der Waals surface area contributed by atoms with E-state index in [0.717, 1.165) is 22.3 Å². The zero-order valence-electron chi connectivity index (χ0n) is 19.2. The van der Waals surface area contributed by atoms with Crippen LogP contribution in [0.5, 0.6) is 0 Å². The van der Waals surface area contributed by atoms with E-state index in [9.17, 15) is 13.2 Å². The first kappa shape index (κ1) is 23.5. The van der Waals surface area contributed by atoms with Gasteiger partial charge in [0.05, 0.1) is 4.90 Å². The molecule has 1 unspecified atom stereocenters. The van der Waals surface area contributed by atoms with Crippen molar-refractivity contribution in [3.63, 3.8) is 0 Å². The highest BCUT2D eigenvalue weighted by atomic mass is 32.2. The van der Waals surface area contributed by atoms with Crippen molar-refractivity contribution in [1.82, 2.24) is 9.62 Å². The molecule has 2 aromatic rings. The lowest BCUT2D eigenvalue weighted by atomic mass is 9.96. The summed E-state index contributed by atoms with van der Waals surface area (Å²) in [6.45, 7) is 11.1. The molecule has 0 saturated carbocycles. The molecule has 0 spiro atoms. The van der Waals surface area contributed by atoms with Crippen molar-refractivity contribution < 1.29 is 13.2 Å². The van der Waals surface area contributed by atoms with E-state index in [0.29, 0.717) is 37.4 Å². The highest BCUT2D eigenvalue weighted by molar-refractivity contribution is 7.89. The molecule has 6 heteroatoms. The van der Waals surface area contributed by atoms with E-state index in [4.69, 9.17) is 0 Å². The molecular formula is C25H34N2O3S. The van der Waals surface area contributed by atoms with Crippen LogP contribution in [0.1, 0.15) is 53.5 Å². The zero-order chi connectivity index (χ0) is 22.8. The molecule has 5 nitrogen and oxygen atoms in total. The Kier molecular flexibility index (Phi) is 7.22. The largest absolute Gasteiger partial charge is 0.355 e. The van der Waals surface area contributed by atoms with Crippen molar-refractivity contribution in [3.8, 4) is 0 Å². The lowest BCUT2D eigenvalue weighted by molar-refractivity contribution is -0.126. The Hall–Kier alpha value is -2.18. The van der Waals surface area contributed by atoms with Crippen molar-refractivity contribution in [3.05, 3.63) is 64.2 Å². The third kappa shape index (κ3) is 5.01. The van der Waals surface area contributed by atoms with Gasteiger partial charge in [-0.25, -0.2) is 8.42 Å². The molecule has 0 aromatic heterocycles. The van der Waals surface area contributed by atoms with Gasteiger partial charge in [-0.15, -0.1) is 0 Å². The zero-order valence-corrected chi connectivity index (χ0v) is 20.1. The molecule has 0 bridgehead atoms. The van der Waals surface area contributed by atoms with Crippen LogP contribution >= 0.6 is 0 Å². The first-order valence-electron chi connectivity index (χ1n) is 11.0. The van der Waals surface area contributed by atoms with Crippen LogP contribution in [0, 0.1) is 33.6 Å². The third-order valence-corrected chi connectivity index (χ3v) is 8.84. The summed E-state index contributed by atoms with van der Waals surface area (Å²) < 4.78 is 28.4. The number of benzene rings is 2. The van der Waals surface area contributed by atoms with Gasteiger partial charge in [0.1, 0.15) is 0 Å². The first-order chi connectivity index (χ1) is 14.6. The number of rotatable bonds is 6. The molecule has 2 aromatic carbocycles. The number of hydrogen-bond donors (Lipinski definition) is 1. The summed E-state index contributed by atoms with van der Waals surface area (Å²) >= 11 is 0. The van der Waals surface area contributed by atoms with Crippen molar-refractivity contribution in [2.75, 3.05) is 19.6 Å². The van der Waals surface area contributed by atoms with Crippen LogP contribution in [0.25, 0.3) is 0 Å². The van der Waals surface area contributed by atoms with Gasteiger partial charge in [-0.05, 0) is 74.3 Å². The Bertz CT molecular complexity index is 1010. The van der Waals surface area contributed by atoms with Gasteiger partial charge in [0.2, 0.25) is 15.9 Å². The van der Waals surface area contributed by atoms with Crippen LogP contribution < -0.4 is 5.32 Å². The van der Waals surface area contributed by atoms with Gasteiger partial charge in [0.25, 0.3) is 0 Å². The van der Waals surface area contributed by atoms with E-state index in [1.807, 2.05) is 52.0 Å². The van der Waals surface area contributed by atoms with E-state index in [2.05, 4.69) is 24.4 Å². The summed E-state index contributed by atoms with van der Waals surface area (Å²) in [5.74, 6) is 0.121. The fourth-order valence-electron chi connectivity index (χ4n) is 4.35. The van der Waals surface area contributed by atoms with Crippen molar-refractivity contribution in [2.45, 2.75) is 58.3 Å². The second-order valence-corrected chi connectivity index (χ2v) is 10.7. The number of aryl methyl sites for hydroxylation is 2. The Balaban J connectivity index is 1.62. The minimum atomic E-state index is -3.58. The van der Waals surface area contributed by atoms with Crippen molar-refractivity contribution in [2.24, 2.45) is 5.92 Å². The summed E-state index contributed by atoms with van der Waals surface area (Å²) in [6, 6.07) is 12.2. The smallest absolute Gasteiger partial charge is 0.243 e. The normalized spacial score (nSPS) is 16.8. The quantitative estimate of drug-likeness (QED) is 0.728. The molecule has 31 heavy (non-hydrogen) atoms. The lowest BCUT2D eigenvalue weighted by Crippen LogP contribution is -2.43. The van der Waals surface area contributed by atoms with Gasteiger partial charge in [0, 0.05) is 25.6 Å². The maximum Gasteiger partial charge on any atom is 0.243 e. The molecule has 0 aliphatic carbocycles. The first-order valence-corrected chi connectivity index (χ1v) is 12.5. The predicted octanol–water partition coefficient (Wildman–Crippen LogP) is 4.24. The average molecular weight is 443 g/mol. The Morgan fingerprint density at radius 1 is 1.03 bits per heavy atom. The highest BCUT2D eigenvalue weighted by Crippen LogP contribution is 2.31. The van der Waals surface area contributed by atoms with Crippen LogP contribution in [0.2, 0.25) is 0 Å². The van der Waals surface area contributed by atoms with E-state index in [1.54, 1.807) is 4.31 Å². The van der Waals surface area contributed by atoms with Crippen LogP contribution in [0.3, 0.4) is 0 Å². The van der Waals surface area contributed by atoms with E-state index in [-0.39, 0.29) is 17.7 Å². The maximum absolute atomic E-state index is 13.4. The molecule has 3 rings (SSSR count). The van der Waals surface area contributed by atoms with E-state index < -0.39 is 10.0 Å². The maximum atomic E-state index is 13.4. The lowest BCUT2D eigenvalue weighted by Gasteiger charge is -2.32. The Morgan fingerprint density at radius 2 is 1.58 bits per heavy atom. The van der Waals surface area contributed by atoms with Gasteiger partial charge >= 0.3 is 0 Å². The van der Waals surface area contributed by atoms with Gasteiger partial charge in [0.15, 0.2) is 0 Å². The number of nitrogens with one attached hydrogen (secondary N) is 1. The molecule has 1 atom stereocenters. The van der Waals surface area contributed by atoms with Gasteiger partial charge in [-0.2, -0.15) is 4.31 Å². The minimum Gasteiger partial charge on any atom is -0.355 e. The number of carbonyl (C=O) groups is 1. The number of amides is 1. The summed E-state index contributed by atoms with van der Waals surface area (Å²) in [5, 5.41) is 3.06. The molecule has 1 aliphatic heterocycles. The van der Waals surface area contributed by atoms with Crippen molar-refractivity contribution >= 4 is 15.9 Å². The number of nitrogens with zero attached hydrogens (tertiary/aromatic N) is 1. The van der Waals surface area contributed by atoms with Gasteiger partial charge in [-0.1, -0.05) is 43.3 Å². The summed E-state index contributed by atoms with van der Waals surface area (Å²) in [4.78, 5) is 13.1. The molecule has 1 saturated heterocycles. The SMILES string of the molecule is Cc1cc(C)c(C)c(S(=O)(=O)N2CCC(C(=O)NCC(C)c3ccccc3)CC2)c1C. The number of hydrogen-bond acceptors (Lipinski definition) is 3. The van der Waals surface area contributed by atoms with Crippen LogP contribution in [-0.2, 0) is 14.8 Å². The molecule has 1 aliphatic rings. The number of piperidine rings is 1. The molecule has 0 radical (unpaired) electrons. The topological polar surface area (TPSA) is 66.5 Å². The summed E-state index contributed by atoms with van der Waals surface area (Å²) in [6.07, 6.45) is 1.10. The average Bonchev–Trinajstić information content (AvgIpc) is 2.76. The fraction of sp³-hybridized carbons (Fsp3) is 0.480. The van der Waals surface area contributed by atoms with Crippen LogP contribution in [-0.4, -0.2) is 38.3 Å². The van der Waals surface area contributed by atoms with E-state index >= 15 is 0 Å². The minimum absolute atomic E-state index is 0.0265. The molecule has 1 N–H and O–H groups in total. The molecule has 168 valence electrons. The third-order valence-electron chi connectivity index (χ3n) is 6.67. The van der Waals surface area contributed by atoms with Gasteiger partial charge < -0.3 is 5.32 Å². The Morgan fingerprint density at radius 3 is 2.13 bits per heavy atom. The predicted molar refractivity (Wildman–Crippen MR) is 125 cm³/mol. The second-order valence-electron chi connectivity index (χ2n) is 8.82. The highest BCUT2D eigenvalue weighted by Gasteiger charge is 2.34. The monoisotopic (exact) mass is 442 g/mol. The number of carbonyl (C=O) groups excluding carboxylic acids is 1. The summed E-state index contributed by atoms with van der Waals surface area (Å²) in [7, 11) is -3.58. The molecule has 1 fully saturated rings. The standard InChI is InChI=1S/C25H34N2O3S/c1-17-15-18(2)21(5)24(20(17)4)31(29,30)27-13-11-23(12-14-27)25(28)26-16-19(3)22-9-7-6-8-10-22/h6-10,15,19,23H,11-14,16H2,1-5H3,(H,26,28). The molecule has 1 heterocycles. The van der Waals surface area contributed by atoms with Gasteiger partial charge in [-0.3, -0.25) is 4.79 Å².